The number of hydrogen-bond donors (Lipinski definition) is 3. The second-order valence-electron chi connectivity index (χ2n) is 4.36. The van der Waals surface area contributed by atoms with Gasteiger partial charge in [0.15, 0.2) is 5.22 Å². The van der Waals surface area contributed by atoms with Crippen molar-refractivity contribution in [2.75, 3.05) is 7.05 Å². The minimum absolute atomic E-state index is 0.167. The molecule has 2 heterocycles. The van der Waals surface area contributed by atoms with E-state index >= 15 is 0 Å². The molecule has 5 nitrogen and oxygen atoms in total. The van der Waals surface area contributed by atoms with Gasteiger partial charge in [-0.3, -0.25) is 0 Å². The van der Waals surface area contributed by atoms with Crippen LogP contribution in [0.4, 0.5) is 0 Å². The highest BCUT2D eigenvalue weighted by Gasteiger charge is 2.19. The Morgan fingerprint density at radius 1 is 1.30 bits per heavy atom. The molecule has 104 valence electrons. The highest BCUT2D eigenvalue weighted by molar-refractivity contribution is 9.10. The van der Waals surface area contributed by atoms with E-state index in [1.165, 1.54) is 0 Å². The van der Waals surface area contributed by atoms with Crippen LogP contribution in [0.15, 0.2) is 37.9 Å². The number of H-pyrrole nitrogens is 2. The van der Waals surface area contributed by atoms with E-state index in [2.05, 4.69) is 31.2 Å². The maximum Gasteiger partial charge on any atom is 0.323 e. The van der Waals surface area contributed by atoms with Crippen molar-refractivity contribution < 1.29 is 4.42 Å². The van der Waals surface area contributed by atoms with Crippen molar-refractivity contribution in [1.82, 2.24) is 15.3 Å². The average molecular weight is 357 g/mol. The Bertz CT molecular complexity index is 820. The molecule has 3 N–H and O–H groups in total. The van der Waals surface area contributed by atoms with Gasteiger partial charge in [-0.1, -0.05) is 15.9 Å². The molecule has 0 amide bonds. The van der Waals surface area contributed by atoms with Crippen LogP contribution in [0.3, 0.4) is 0 Å². The first-order valence-corrected chi connectivity index (χ1v) is 7.09. The highest BCUT2D eigenvalue weighted by Crippen LogP contribution is 2.32. The average Bonchev–Trinajstić information content (AvgIpc) is 2.96. The number of nitrogens with one attached hydrogen (secondary N) is 3. The predicted molar refractivity (Wildman–Crippen MR) is 81.2 cm³/mol. The molecular weight excluding hydrogens is 346 g/mol. The zero-order chi connectivity index (χ0) is 14.3. The molecule has 0 saturated carbocycles. The molecule has 0 aliphatic heterocycles. The fourth-order valence-corrected chi connectivity index (χ4v) is 2.95. The smallest absolute Gasteiger partial charge is 0.323 e. The molecule has 1 unspecified atom stereocenters. The molecule has 0 spiro atoms. The number of aromatic amines is 2. The predicted octanol–water partition coefficient (Wildman–Crippen LogP) is 3.17. The standard InChI is InChI=1S/C13H11BrClN3O2/c1-16-12(10-2-3-11(15)20-10)6-4-8-9(5-7(6)14)18-13(19)17-8/h2-5,12,16H,1H3,(H2,17,18,19). The summed E-state index contributed by atoms with van der Waals surface area (Å²) >= 11 is 9.35. The number of halogens is 2. The lowest BCUT2D eigenvalue weighted by molar-refractivity contribution is 0.464. The van der Waals surface area contributed by atoms with E-state index < -0.39 is 0 Å². The topological polar surface area (TPSA) is 73.8 Å². The fourth-order valence-electron chi connectivity index (χ4n) is 2.23. The maximum absolute atomic E-state index is 11.3. The van der Waals surface area contributed by atoms with Gasteiger partial charge in [0.1, 0.15) is 5.76 Å². The minimum atomic E-state index is -0.230. The van der Waals surface area contributed by atoms with Crippen molar-refractivity contribution in [3.8, 4) is 0 Å². The van der Waals surface area contributed by atoms with Crippen LogP contribution in [0, 0.1) is 0 Å². The third-order valence-electron chi connectivity index (χ3n) is 3.11. The summed E-state index contributed by atoms with van der Waals surface area (Å²) in [7, 11) is 1.83. The number of hydrogen-bond acceptors (Lipinski definition) is 3. The van der Waals surface area contributed by atoms with Crippen LogP contribution < -0.4 is 11.0 Å². The Kier molecular flexibility index (Phi) is 3.45. The molecule has 0 saturated heterocycles. The van der Waals surface area contributed by atoms with Crippen LogP contribution in [-0.2, 0) is 0 Å². The number of fused-ring (bicyclic) bond motifs is 1. The number of imidazole rings is 1. The third kappa shape index (κ3) is 2.30. The summed E-state index contributed by atoms with van der Waals surface area (Å²) in [5.41, 5.74) is 2.21. The van der Waals surface area contributed by atoms with Gasteiger partial charge in [-0.15, -0.1) is 0 Å². The first kappa shape index (κ1) is 13.5. The Morgan fingerprint density at radius 3 is 2.60 bits per heavy atom. The molecule has 0 aliphatic rings. The van der Waals surface area contributed by atoms with E-state index in [0.717, 1.165) is 21.1 Å². The van der Waals surface area contributed by atoms with Crippen LogP contribution >= 0.6 is 27.5 Å². The molecule has 2 aromatic heterocycles. The third-order valence-corrected chi connectivity index (χ3v) is 4.00. The van der Waals surface area contributed by atoms with Gasteiger partial charge in [0.2, 0.25) is 0 Å². The van der Waals surface area contributed by atoms with Gasteiger partial charge in [0, 0.05) is 4.47 Å². The van der Waals surface area contributed by atoms with Gasteiger partial charge in [-0.25, -0.2) is 4.79 Å². The largest absolute Gasteiger partial charge is 0.448 e. The number of furan rings is 1. The lowest BCUT2D eigenvalue weighted by Gasteiger charge is -2.16. The zero-order valence-corrected chi connectivity index (χ0v) is 12.8. The number of rotatable bonds is 3. The van der Waals surface area contributed by atoms with Gasteiger partial charge < -0.3 is 19.7 Å². The van der Waals surface area contributed by atoms with Crippen LogP contribution in [-0.4, -0.2) is 17.0 Å². The Labute approximate surface area is 127 Å². The molecule has 3 aromatic rings. The van der Waals surface area contributed by atoms with E-state index in [9.17, 15) is 4.79 Å². The zero-order valence-electron chi connectivity index (χ0n) is 10.5. The summed E-state index contributed by atoms with van der Waals surface area (Å²) in [4.78, 5) is 16.8. The van der Waals surface area contributed by atoms with E-state index in [0.29, 0.717) is 11.0 Å². The van der Waals surface area contributed by atoms with Gasteiger partial charge in [-0.2, -0.15) is 0 Å². The molecule has 0 fully saturated rings. The second kappa shape index (κ2) is 5.12. The van der Waals surface area contributed by atoms with Crippen molar-refractivity contribution in [3.05, 3.63) is 55.8 Å². The molecular formula is C13H11BrClN3O2. The summed E-state index contributed by atoms with van der Waals surface area (Å²) in [5.74, 6) is 0.704. The maximum atomic E-state index is 11.3. The Hall–Kier alpha value is -1.50. The van der Waals surface area contributed by atoms with E-state index in [1.54, 1.807) is 6.07 Å². The summed E-state index contributed by atoms with van der Waals surface area (Å²) in [6.45, 7) is 0. The molecule has 0 bridgehead atoms. The summed E-state index contributed by atoms with van der Waals surface area (Å²) in [6.07, 6.45) is 0. The molecule has 1 atom stereocenters. The lowest BCUT2D eigenvalue weighted by atomic mass is 10.0. The van der Waals surface area contributed by atoms with Crippen LogP contribution in [0.1, 0.15) is 17.4 Å². The first-order chi connectivity index (χ1) is 9.58. The van der Waals surface area contributed by atoms with Crippen molar-refractivity contribution >= 4 is 38.6 Å². The van der Waals surface area contributed by atoms with Crippen molar-refractivity contribution in [2.24, 2.45) is 0 Å². The quantitative estimate of drug-likeness (QED) is 0.675. The molecule has 0 radical (unpaired) electrons. The molecule has 20 heavy (non-hydrogen) atoms. The molecule has 1 aromatic carbocycles. The fraction of sp³-hybridized carbons (Fsp3) is 0.154. The molecule has 7 heteroatoms. The van der Waals surface area contributed by atoms with Crippen molar-refractivity contribution in [1.29, 1.82) is 0 Å². The van der Waals surface area contributed by atoms with Crippen molar-refractivity contribution in [3.63, 3.8) is 0 Å². The number of aromatic nitrogens is 2. The summed E-state index contributed by atoms with van der Waals surface area (Å²) in [5, 5.41) is 3.52. The van der Waals surface area contributed by atoms with Gasteiger partial charge in [0.05, 0.1) is 17.1 Å². The van der Waals surface area contributed by atoms with Gasteiger partial charge in [-0.05, 0) is 48.5 Å². The van der Waals surface area contributed by atoms with Gasteiger partial charge >= 0.3 is 5.69 Å². The van der Waals surface area contributed by atoms with Crippen LogP contribution in [0.2, 0.25) is 5.22 Å². The van der Waals surface area contributed by atoms with E-state index in [-0.39, 0.29) is 11.7 Å². The Balaban J connectivity index is 2.15. The number of benzene rings is 1. The van der Waals surface area contributed by atoms with Crippen molar-refractivity contribution in [2.45, 2.75) is 6.04 Å². The minimum Gasteiger partial charge on any atom is -0.448 e. The normalized spacial score (nSPS) is 12.9. The van der Waals surface area contributed by atoms with Gasteiger partial charge in [0.25, 0.3) is 0 Å². The highest BCUT2D eigenvalue weighted by atomic mass is 79.9. The molecule has 0 aliphatic carbocycles. The van der Waals surface area contributed by atoms with E-state index in [4.69, 9.17) is 16.0 Å². The Morgan fingerprint density at radius 2 is 2.00 bits per heavy atom. The van der Waals surface area contributed by atoms with Crippen LogP contribution in [0.5, 0.6) is 0 Å². The molecule has 3 rings (SSSR count). The van der Waals surface area contributed by atoms with E-state index in [1.807, 2.05) is 25.2 Å². The first-order valence-electron chi connectivity index (χ1n) is 5.92. The van der Waals surface area contributed by atoms with Crippen LogP contribution in [0.25, 0.3) is 11.0 Å². The lowest BCUT2D eigenvalue weighted by Crippen LogP contribution is -2.17. The SMILES string of the molecule is CNC(c1ccc(Cl)o1)c1cc2[nH]c(=O)[nH]c2cc1Br. The second-order valence-corrected chi connectivity index (χ2v) is 5.59. The monoisotopic (exact) mass is 355 g/mol. The summed E-state index contributed by atoms with van der Waals surface area (Å²) < 4.78 is 6.33. The summed E-state index contributed by atoms with van der Waals surface area (Å²) in [6, 6.07) is 7.11.